The second-order valence-corrected chi connectivity index (χ2v) is 7.32. The van der Waals surface area contributed by atoms with Gasteiger partial charge in [-0.1, -0.05) is 18.2 Å². The highest BCUT2D eigenvalue weighted by Crippen LogP contribution is 2.20. The maximum atomic E-state index is 14.1. The average Bonchev–Trinajstić information content (AvgIpc) is 3.03. The third kappa shape index (κ3) is 3.76. The standard InChI is InChI=1S/C19H20BrFN4/c20-17-5-3-4-15(19(17)21)12-23-8-10-24(11-9-23)13-16-14-25-7-2-1-6-18(25)22-16/h1-7,14H,8-13H2. The topological polar surface area (TPSA) is 23.8 Å². The van der Waals surface area contributed by atoms with E-state index in [1.54, 1.807) is 6.07 Å². The molecule has 25 heavy (non-hydrogen) atoms. The van der Waals surface area contributed by atoms with Gasteiger partial charge in [-0.2, -0.15) is 0 Å². The number of nitrogens with zero attached hydrogens (tertiary/aromatic N) is 4. The summed E-state index contributed by atoms with van der Waals surface area (Å²) < 4.78 is 16.7. The molecule has 3 heterocycles. The van der Waals surface area contributed by atoms with Crippen LogP contribution in [0.25, 0.3) is 5.65 Å². The van der Waals surface area contributed by atoms with E-state index in [1.807, 2.05) is 36.5 Å². The third-order valence-electron chi connectivity index (χ3n) is 4.69. The van der Waals surface area contributed by atoms with Crippen LogP contribution in [0.15, 0.2) is 53.3 Å². The molecule has 0 bridgehead atoms. The summed E-state index contributed by atoms with van der Waals surface area (Å²) in [4.78, 5) is 9.39. The van der Waals surface area contributed by atoms with E-state index in [0.29, 0.717) is 11.0 Å². The van der Waals surface area contributed by atoms with Gasteiger partial charge in [0.05, 0.1) is 10.2 Å². The molecule has 2 aromatic heterocycles. The summed E-state index contributed by atoms with van der Waals surface area (Å²) in [5, 5.41) is 0. The van der Waals surface area contributed by atoms with Gasteiger partial charge in [0.2, 0.25) is 0 Å². The van der Waals surface area contributed by atoms with Crippen molar-refractivity contribution in [1.82, 2.24) is 19.2 Å². The number of hydrogen-bond acceptors (Lipinski definition) is 3. The summed E-state index contributed by atoms with van der Waals surface area (Å²) in [5.74, 6) is -0.144. The molecule has 6 heteroatoms. The average molecular weight is 403 g/mol. The second kappa shape index (κ2) is 7.23. The fraction of sp³-hybridized carbons (Fsp3) is 0.316. The molecule has 4 nitrogen and oxygen atoms in total. The van der Waals surface area contributed by atoms with E-state index in [4.69, 9.17) is 0 Å². The van der Waals surface area contributed by atoms with Crippen molar-refractivity contribution in [3.8, 4) is 0 Å². The molecule has 1 saturated heterocycles. The summed E-state index contributed by atoms with van der Waals surface area (Å²) in [7, 11) is 0. The first-order chi connectivity index (χ1) is 12.2. The van der Waals surface area contributed by atoms with Gasteiger partial charge in [0.25, 0.3) is 0 Å². The lowest BCUT2D eigenvalue weighted by molar-refractivity contribution is 0.120. The molecule has 0 atom stereocenters. The highest BCUT2D eigenvalue weighted by Gasteiger charge is 2.19. The number of hydrogen-bond donors (Lipinski definition) is 0. The normalized spacial score (nSPS) is 16.6. The van der Waals surface area contributed by atoms with Crippen molar-refractivity contribution in [3.05, 3.63) is 70.3 Å². The number of fused-ring (bicyclic) bond motifs is 1. The summed E-state index contributed by atoms with van der Waals surface area (Å²) >= 11 is 3.26. The zero-order chi connectivity index (χ0) is 17.2. The first-order valence-electron chi connectivity index (χ1n) is 8.49. The van der Waals surface area contributed by atoms with Gasteiger partial charge in [0.15, 0.2) is 0 Å². The molecule has 1 aromatic carbocycles. The summed E-state index contributed by atoms with van der Waals surface area (Å²) in [5.41, 5.74) is 2.84. The minimum absolute atomic E-state index is 0.144. The molecule has 1 fully saturated rings. The predicted octanol–water partition coefficient (Wildman–Crippen LogP) is 3.55. The van der Waals surface area contributed by atoms with Crippen molar-refractivity contribution in [2.24, 2.45) is 0 Å². The fourth-order valence-corrected chi connectivity index (χ4v) is 3.72. The smallest absolute Gasteiger partial charge is 0.141 e. The lowest BCUT2D eigenvalue weighted by Crippen LogP contribution is -2.45. The summed E-state index contributed by atoms with van der Waals surface area (Å²) in [6, 6.07) is 11.5. The minimum Gasteiger partial charge on any atom is -0.307 e. The number of imidazole rings is 1. The molecule has 0 amide bonds. The van der Waals surface area contributed by atoms with Crippen LogP contribution in [0.2, 0.25) is 0 Å². The van der Waals surface area contributed by atoms with Crippen LogP contribution >= 0.6 is 15.9 Å². The Morgan fingerprint density at radius 1 is 0.960 bits per heavy atom. The predicted molar refractivity (Wildman–Crippen MR) is 99.8 cm³/mol. The van der Waals surface area contributed by atoms with E-state index in [9.17, 15) is 4.39 Å². The Morgan fingerprint density at radius 3 is 2.48 bits per heavy atom. The Labute approximate surface area is 155 Å². The molecule has 0 saturated carbocycles. The van der Waals surface area contributed by atoms with Gasteiger partial charge in [0, 0.05) is 57.2 Å². The number of halogens is 2. The van der Waals surface area contributed by atoms with E-state index < -0.39 is 0 Å². The first-order valence-corrected chi connectivity index (χ1v) is 9.28. The lowest BCUT2D eigenvalue weighted by atomic mass is 10.2. The van der Waals surface area contributed by atoms with Crippen molar-refractivity contribution in [1.29, 1.82) is 0 Å². The monoisotopic (exact) mass is 402 g/mol. The van der Waals surface area contributed by atoms with Crippen LogP contribution in [-0.4, -0.2) is 45.4 Å². The Morgan fingerprint density at radius 2 is 1.72 bits per heavy atom. The maximum Gasteiger partial charge on any atom is 0.141 e. The van der Waals surface area contributed by atoms with Crippen molar-refractivity contribution in [3.63, 3.8) is 0 Å². The Balaban J connectivity index is 1.34. The quantitative estimate of drug-likeness (QED) is 0.666. The van der Waals surface area contributed by atoms with Gasteiger partial charge in [-0.05, 0) is 34.1 Å². The molecule has 0 radical (unpaired) electrons. The largest absolute Gasteiger partial charge is 0.307 e. The zero-order valence-corrected chi connectivity index (χ0v) is 15.5. The third-order valence-corrected chi connectivity index (χ3v) is 5.30. The number of benzene rings is 1. The lowest BCUT2D eigenvalue weighted by Gasteiger charge is -2.34. The molecular formula is C19H20BrFN4. The molecule has 0 spiro atoms. The van der Waals surface area contributed by atoms with E-state index in [-0.39, 0.29) is 5.82 Å². The Kier molecular flexibility index (Phi) is 4.83. The number of piperazine rings is 1. The van der Waals surface area contributed by atoms with Crippen LogP contribution < -0.4 is 0 Å². The van der Waals surface area contributed by atoms with Gasteiger partial charge in [-0.25, -0.2) is 9.37 Å². The van der Waals surface area contributed by atoms with E-state index >= 15 is 0 Å². The Hall–Kier alpha value is -1.76. The molecule has 0 N–H and O–H groups in total. The molecule has 0 aliphatic carbocycles. The van der Waals surface area contributed by atoms with Crippen LogP contribution in [0.4, 0.5) is 4.39 Å². The van der Waals surface area contributed by atoms with Gasteiger partial charge >= 0.3 is 0 Å². The molecule has 3 aromatic rings. The van der Waals surface area contributed by atoms with Gasteiger partial charge in [-0.15, -0.1) is 0 Å². The summed E-state index contributed by atoms with van der Waals surface area (Å²) in [6.45, 7) is 5.36. The van der Waals surface area contributed by atoms with Crippen molar-refractivity contribution in [2.45, 2.75) is 13.1 Å². The maximum absolute atomic E-state index is 14.1. The molecule has 0 unspecified atom stereocenters. The zero-order valence-electron chi connectivity index (χ0n) is 13.9. The fourth-order valence-electron chi connectivity index (χ4n) is 3.31. The molecular weight excluding hydrogens is 383 g/mol. The first kappa shape index (κ1) is 16.7. The number of pyridine rings is 1. The molecule has 1 aliphatic rings. The van der Waals surface area contributed by atoms with Crippen LogP contribution in [0, 0.1) is 5.82 Å². The highest BCUT2D eigenvalue weighted by molar-refractivity contribution is 9.10. The van der Waals surface area contributed by atoms with Crippen molar-refractivity contribution >= 4 is 21.6 Å². The minimum atomic E-state index is -0.144. The van der Waals surface area contributed by atoms with Crippen LogP contribution in [-0.2, 0) is 13.1 Å². The van der Waals surface area contributed by atoms with E-state index in [0.717, 1.165) is 49.6 Å². The van der Waals surface area contributed by atoms with E-state index in [1.165, 1.54) is 0 Å². The number of aromatic nitrogens is 2. The molecule has 1 aliphatic heterocycles. The summed E-state index contributed by atoms with van der Waals surface area (Å²) in [6.07, 6.45) is 4.12. The number of rotatable bonds is 4. The van der Waals surface area contributed by atoms with Crippen LogP contribution in [0.5, 0.6) is 0 Å². The Bertz CT molecular complexity index is 838. The van der Waals surface area contributed by atoms with Gasteiger partial charge < -0.3 is 4.40 Å². The molecule has 130 valence electrons. The van der Waals surface area contributed by atoms with Crippen molar-refractivity contribution < 1.29 is 4.39 Å². The second-order valence-electron chi connectivity index (χ2n) is 6.46. The van der Waals surface area contributed by atoms with Gasteiger partial charge in [-0.3, -0.25) is 9.80 Å². The molecule has 4 rings (SSSR count). The highest BCUT2D eigenvalue weighted by atomic mass is 79.9. The SMILES string of the molecule is Fc1c(Br)cccc1CN1CCN(Cc2cn3ccccc3n2)CC1. The van der Waals surface area contributed by atoms with Crippen LogP contribution in [0.3, 0.4) is 0 Å². The van der Waals surface area contributed by atoms with Crippen molar-refractivity contribution in [2.75, 3.05) is 26.2 Å². The van der Waals surface area contributed by atoms with E-state index in [2.05, 4.69) is 41.3 Å². The van der Waals surface area contributed by atoms with Gasteiger partial charge in [0.1, 0.15) is 11.5 Å². The van der Waals surface area contributed by atoms with Crippen LogP contribution in [0.1, 0.15) is 11.3 Å².